The van der Waals surface area contributed by atoms with E-state index in [4.69, 9.17) is 17.4 Å². The van der Waals surface area contributed by atoms with Crippen molar-refractivity contribution >= 4 is 5.78 Å². The number of carbonyl (C=O) groups excluding carboxylic acids is 1. The van der Waals surface area contributed by atoms with Crippen molar-refractivity contribution in [2.75, 3.05) is 6.54 Å². The maximum atomic E-state index is 11.2. The molecule has 3 nitrogen and oxygen atoms in total. The van der Waals surface area contributed by atoms with Gasteiger partial charge in [0, 0.05) is 0 Å². The minimum absolute atomic E-state index is 0.0962. The van der Waals surface area contributed by atoms with Gasteiger partial charge in [-0.05, 0) is 25.1 Å². The molecule has 0 aromatic carbocycles. The van der Waals surface area contributed by atoms with E-state index >= 15 is 0 Å². The van der Waals surface area contributed by atoms with Crippen molar-refractivity contribution in [3.8, 4) is 18.4 Å². The maximum Gasteiger partial charge on any atom is 0.195 e. The first-order valence-corrected chi connectivity index (χ1v) is 5.22. The van der Waals surface area contributed by atoms with Crippen LogP contribution in [0, 0.1) is 29.1 Å². The van der Waals surface area contributed by atoms with E-state index in [1.807, 2.05) is 19.9 Å². The molecule has 0 bridgehead atoms. The Kier molecular flexibility index (Phi) is 5.85. The van der Waals surface area contributed by atoms with E-state index in [0.29, 0.717) is 13.0 Å². The van der Waals surface area contributed by atoms with Crippen LogP contribution in [-0.2, 0) is 4.79 Å². The van der Waals surface area contributed by atoms with Crippen LogP contribution in [0.2, 0.25) is 0 Å². The number of hydrogen-bond acceptors (Lipinski definition) is 3. The lowest BCUT2D eigenvalue weighted by molar-refractivity contribution is -0.111. The lowest BCUT2D eigenvalue weighted by Gasteiger charge is -2.22. The van der Waals surface area contributed by atoms with Crippen molar-refractivity contribution in [1.82, 2.24) is 0 Å². The molecule has 0 aliphatic heterocycles. The molecule has 2 N–H and O–H groups in total. The predicted molar refractivity (Wildman–Crippen MR) is 64.1 cm³/mol. The molecule has 0 radical (unpaired) electrons. The minimum atomic E-state index is -0.659. The van der Waals surface area contributed by atoms with Crippen LogP contribution in [-0.4, -0.2) is 12.3 Å². The van der Waals surface area contributed by atoms with Crippen molar-refractivity contribution in [3.63, 3.8) is 0 Å². The van der Waals surface area contributed by atoms with Gasteiger partial charge in [0.25, 0.3) is 0 Å². The van der Waals surface area contributed by atoms with Crippen LogP contribution in [0.15, 0.2) is 23.8 Å². The van der Waals surface area contributed by atoms with Gasteiger partial charge in [0.2, 0.25) is 0 Å². The highest BCUT2D eigenvalue weighted by Crippen LogP contribution is 2.29. The van der Waals surface area contributed by atoms with Gasteiger partial charge in [-0.2, -0.15) is 5.26 Å². The molecule has 0 heterocycles. The summed E-state index contributed by atoms with van der Waals surface area (Å²) >= 11 is 0. The largest absolute Gasteiger partial charge is 0.330 e. The average Bonchev–Trinajstić information content (AvgIpc) is 2.35. The molecule has 1 aliphatic rings. The second kappa shape index (κ2) is 6.61. The van der Waals surface area contributed by atoms with E-state index in [1.54, 1.807) is 6.08 Å². The Morgan fingerprint density at radius 3 is 2.62 bits per heavy atom. The zero-order valence-corrected chi connectivity index (χ0v) is 9.66. The summed E-state index contributed by atoms with van der Waals surface area (Å²) < 4.78 is 0. The van der Waals surface area contributed by atoms with Crippen molar-refractivity contribution < 1.29 is 4.79 Å². The predicted octanol–water partition coefficient (Wildman–Crippen LogP) is 1.57. The number of allylic oxidation sites excluding steroid dienone is 4. The Morgan fingerprint density at radius 1 is 1.56 bits per heavy atom. The zero-order chi connectivity index (χ0) is 12.6. The van der Waals surface area contributed by atoms with Gasteiger partial charge >= 0.3 is 0 Å². The monoisotopic (exact) mass is 216 g/mol. The number of nitrogens with zero attached hydrogens (tertiary/aromatic N) is 1. The number of ketones is 1. The Balaban J connectivity index is 0.00000106. The van der Waals surface area contributed by atoms with E-state index in [0.717, 1.165) is 0 Å². The molecular formula is C13H16N2O. The summed E-state index contributed by atoms with van der Waals surface area (Å²) in [5, 5.41) is 8.68. The number of carbonyl (C=O) groups is 1. The standard InChI is InChI=1S/C11H10N2O.C2H6/c1-2-11(5-6-12)4-3-10(14)9(7-11)8-13;1-2/h1,3-4,7H,5-6,12H2;1-2H3. The summed E-state index contributed by atoms with van der Waals surface area (Å²) in [5.74, 6) is 2.26. The van der Waals surface area contributed by atoms with Gasteiger partial charge in [-0.3, -0.25) is 4.79 Å². The molecule has 1 aliphatic carbocycles. The number of rotatable bonds is 2. The fraction of sp³-hybridized carbons (Fsp3) is 0.385. The zero-order valence-electron chi connectivity index (χ0n) is 9.66. The molecule has 84 valence electrons. The van der Waals surface area contributed by atoms with Crippen molar-refractivity contribution in [2.24, 2.45) is 11.1 Å². The molecule has 0 saturated heterocycles. The normalized spacial score (nSPS) is 22.3. The molecule has 1 rings (SSSR count). The third kappa shape index (κ3) is 3.08. The van der Waals surface area contributed by atoms with E-state index in [1.165, 1.54) is 12.2 Å². The quantitative estimate of drug-likeness (QED) is 0.712. The van der Waals surface area contributed by atoms with Gasteiger partial charge in [0.05, 0.1) is 11.0 Å². The van der Waals surface area contributed by atoms with Crippen LogP contribution in [0.5, 0.6) is 0 Å². The van der Waals surface area contributed by atoms with Crippen LogP contribution in [0.25, 0.3) is 0 Å². The van der Waals surface area contributed by atoms with Gasteiger partial charge in [-0.15, -0.1) is 6.42 Å². The third-order valence-electron chi connectivity index (χ3n) is 2.15. The fourth-order valence-electron chi connectivity index (χ4n) is 1.33. The number of nitrogens with two attached hydrogens (primary N) is 1. The number of nitriles is 1. The van der Waals surface area contributed by atoms with Crippen LogP contribution in [0.1, 0.15) is 20.3 Å². The highest BCUT2D eigenvalue weighted by molar-refractivity contribution is 6.08. The molecule has 1 atom stereocenters. The van der Waals surface area contributed by atoms with E-state index in [2.05, 4.69) is 5.92 Å². The minimum Gasteiger partial charge on any atom is -0.330 e. The highest BCUT2D eigenvalue weighted by Gasteiger charge is 2.27. The SMILES string of the molecule is C#CC1(CCN)C=CC(=O)C(C#N)=C1.CC. The van der Waals surface area contributed by atoms with Gasteiger partial charge in [0.15, 0.2) is 5.78 Å². The summed E-state index contributed by atoms with van der Waals surface area (Å²) in [7, 11) is 0. The third-order valence-corrected chi connectivity index (χ3v) is 2.15. The van der Waals surface area contributed by atoms with Crippen molar-refractivity contribution in [2.45, 2.75) is 20.3 Å². The topological polar surface area (TPSA) is 66.9 Å². The summed E-state index contributed by atoms with van der Waals surface area (Å²) in [5.41, 5.74) is 4.85. The second-order valence-electron chi connectivity index (χ2n) is 3.09. The summed E-state index contributed by atoms with van der Waals surface area (Å²) in [4.78, 5) is 11.2. The molecule has 3 heteroatoms. The Morgan fingerprint density at radius 2 is 2.19 bits per heavy atom. The van der Waals surface area contributed by atoms with Crippen LogP contribution < -0.4 is 5.73 Å². The molecule has 0 aromatic heterocycles. The molecule has 0 fully saturated rings. The first-order valence-electron chi connectivity index (χ1n) is 5.22. The Bertz CT molecular complexity index is 393. The van der Waals surface area contributed by atoms with E-state index in [-0.39, 0.29) is 11.4 Å². The average molecular weight is 216 g/mol. The molecular weight excluding hydrogens is 200 g/mol. The molecule has 1 unspecified atom stereocenters. The van der Waals surface area contributed by atoms with E-state index in [9.17, 15) is 4.79 Å². The molecule has 0 spiro atoms. The first-order chi connectivity index (χ1) is 7.67. The Labute approximate surface area is 96.6 Å². The fourth-order valence-corrected chi connectivity index (χ4v) is 1.33. The van der Waals surface area contributed by atoms with Crippen molar-refractivity contribution in [1.29, 1.82) is 5.26 Å². The van der Waals surface area contributed by atoms with Crippen molar-refractivity contribution in [3.05, 3.63) is 23.8 Å². The molecule has 16 heavy (non-hydrogen) atoms. The number of terminal acetylenes is 1. The second-order valence-corrected chi connectivity index (χ2v) is 3.09. The van der Waals surface area contributed by atoms with Gasteiger partial charge in [0.1, 0.15) is 6.07 Å². The van der Waals surface area contributed by atoms with Crippen LogP contribution in [0.3, 0.4) is 0 Å². The summed E-state index contributed by atoms with van der Waals surface area (Å²) in [6, 6.07) is 1.83. The van der Waals surface area contributed by atoms with Gasteiger partial charge in [-0.25, -0.2) is 0 Å². The highest BCUT2D eigenvalue weighted by atomic mass is 16.1. The Hall–Kier alpha value is -1.84. The molecule has 0 saturated carbocycles. The van der Waals surface area contributed by atoms with Crippen LogP contribution in [0.4, 0.5) is 0 Å². The summed E-state index contributed by atoms with van der Waals surface area (Å²) in [6.45, 7) is 4.41. The first kappa shape index (κ1) is 14.2. The van der Waals surface area contributed by atoms with E-state index < -0.39 is 5.41 Å². The lowest BCUT2D eigenvalue weighted by Crippen LogP contribution is -2.22. The molecule has 0 amide bonds. The number of hydrogen-bond donors (Lipinski definition) is 1. The van der Waals surface area contributed by atoms with Crippen LogP contribution >= 0.6 is 0 Å². The maximum absolute atomic E-state index is 11.2. The van der Waals surface area contributed by atoms with Gasteiger partial charge in [-0.1, -0.05) is 25.8 Å². The molecule has 0 aromatic rings. The lowest BCUT2D eigenvalue weighted by atomic mass is 9.79. The van der Waals surface area contributed by atoms with Gasteiger partial charge < -0.3 is 5.73 Å². The summed E-state index contributed by atoms with van der Waals surface area (Å²) in [6.07, 6.45) is 10.4. The smallest absolute Gasteiger partial charge is 0.195 e.